The first-order valence-electron chi connectivity index (χ1n) is 5.07. The third kappa shape index (κ3) is 2.44. The van der Waals surface area contributed by atoms with Gasteiger partial charge in [0.2, 0.25) is 10.0 Å². The van der Waals surface area contributed by atoms with Gasteiger partial charge < -0.3 is 4.74 Å². The maximum atomic E-state index is 12.6. The van der Waals surface area contributed by atoms with E-state index in [1.54, 1.807) is 0 Å². The first-order valence-corrected chi connectivity index (χ1v) is 6.62. The van der Waals surface area contributed by atoms with Crippen LogP contribution in [0.4, 0.5) is 13.2 Å². The summed E-state index contributed by atoms with van der Waals surface area (Å²) in [6, 6.07) is 4.08. The second-order valence-corrected chi connectivity index (χ2v) is 5.51. The molecule has 1 aliphatic rings. The van der Waals surface area contributed by atoms with Crippen LogP contribution >= 0.6 is 0 Å². The van der Waals surface area contributed by atoms with Crippen LogP contribution in [0.3, 0.4) is 0 Å². The fourth-order valence-corrected chi connectivity index (χ4v) is 2.54. The van der Waals surface area contributed by atoms with Gasteiger partial charge in [0.25, 0.3) is 0 Å². The average molecular weight is 281 g/mol. The molecule has 0 radical (unpaired) electrons. The molecule has 0 aromatic heterocycles. The lowest BCUT2D eigenvalue weighted by molar-refractivity contribution is -0.199. The molecule has 0 saturated heterocycles. The number of nitrogens with two attached hydrogens (primary N) is 1. The summed E-state index contributed by atoms with van der Waals surface area (Å²) in [6.45, 7) is 0. The highest BCUT2D eigenvalue weighted by Gasteiger charge is 2.44. The van der Waals surface area contributed by atoms with Gasteiger partial charge in [-0.1, -0.05) is 12.1 Å². The smallest absolute Gasteiger partial charge is 0.425 e. The van der Waals surface area contributed by atoms with Crippen molar-refractivity contribution in [3.05, 3.63) is 23.8 Å². The molecule has 2 rings (SSSR count). The van der Waals surface area contributed by atoms with Crippen molar-refractivity contribution in [1.29, 1.82) is 0 Å². The Balaban J connectivity index is 2.48. The molecular formula is C10H10F3NO3S. The minimum atomic E-state index is -4.52. The van der Waals surface area contributed by atoms with Crippen LogP contribution in [-0.4, -0.2) is 20.7 Å². The Morgan fingerprint density at radius 2 is 2.00 bits per heavy atom. The number of rotatable bonds is 1. The van der Waals surface area contributed by atoms with E-state index in [0.29, 0.717) is 5.56 Å². The number of benzene rings is 1. The monoisotopic (exact) mass is 281 g/mol. The summed E-state index contributed by atoms with van der Waals surface area (Å²) in [5.41, 5.74) is 0.419. The quantitative estimate of drug-likeness (QED) is 0.849. The predicted molar refractivity (Wildman–Crippen MR) is 56.6 cm³/mol. The SMILES string of the molecule is NS(=O)(=O)c1cccc2c1OC(C(F)(F)F)CC2. The average Bonchev–Trinajstić information content (AvgIpc) is 2.25. The van der Waals surface area contributed by atoms with E-state index in [0.717, 1.165) is 6.07 Å². The van der Waals surface area contributed by atoms with Gasteiger partial charge in [-0.15, -0.1) is 0 Å². The molecule has 1 atom stereocenters. The van der Waals surface area contributed by atoms with E-state index in [-0.39, 0.29) is 18.6 Å². The summed E-state index contributed by atoms with van der Waals surface area (Å²) in [5, 5.41) is 4.95. The van der Waals surface area contributed by atoms with E-state index in [4.69, 9.17) is 9.88 Å². The van der Waals surface area contributed by atoms with Gasteiger partial charge in [-0.05, 0) is 24.5 Å². The highest BCUT2D eigenvalue weighted by molar-refractivity contribution is 7.89. The van der Waals surface area contributed by atoms with E-state index in [1.807, 2.05) is 0 Å². The highest BCUT2D eigenvalue weighted by atomic mass is 32.2. The normalized spacial score (nSPS) is 20.1. The molecule has 1 aromatic rings. The Hall–Kier alpha value is -1.28. The van der Waals surface area contributed by atoms with Crippen LogP contribution in [0.15, 0.2) is 23.1 Å². The Labute approximate surface area is 102 Å². The zero-order valence-electron chi connectivity index (χ0n) is 9.07. The Bertz CT molecular complexity index is 568. The number of hydrogen-bond acceptors (Lipinski definition) is 3. The summed E-state index contributed by atoms with van der Waals surface area (Å²) in [5.74, 6) is -0.284. The van der Waals surface area contributed by atoms with Gasteiger partial charge in [0.1, 0.15) is 10.6 Å². The maximum Gasteiger partial charge on any atom is 0.425 e. The van der Waals surface area contributed by atoms with E-state index < -0.39 is 27.2 Å². The Kier molecular flexibility index (Phi) is 3.02. The van der Waals surface area contributed by atoms with Crippen LogP contribution in [0.2, 0.25) is 0 Å². The molecule has 0 spiro atoms. The zero-order valence-corrected chi connectivity index (χ0v) is 9.88. The summed E-state index contributed by atoms with van der Waals surface area (Å²) in [6.07, 6.45) is -6.65. The molecular weight excluding hydrogens is 271 g/mol. The van der Waals surface area contributed by atoms with Crippen molar-refractivity contribution in [2.45, 2.75) is 30.0 Å². The second kappa shape index (κ2) is 4.13. The Morgan fingerprint density at radius 1 is 1.33 bits per heavy atom. The maximum absolute atomic E-state index is 12.6. The summed E-state index contributed by atoms with van der Waals surface area (Å²) < 4.78 is 65.0. The fourth-order valence-electron chi connectivity index (χ4n) is 1.83. The lowest BCUT2D eigenvalue weighted by Gasteiger charge is -2.28. The molecule has 8 heteroatoms. The third-order valence-corrected chi connectivity index (χ3v) is 3.60. The summed E-state index contributed by atoms with van der Waals surface area (Å²) in [4.78, 5) is -0.408. The molecule has 0 fully saturated rings. The van der Waals surface area contributed by atoms with Crippen LogP contribution in [-0.2, 0) is 16.4 Å². The van der Waals surface area contributed by atoms with Gasteiger partial charge in [-0.3, -0.25) is 0 Å². The van der Waals surface area contributed by atoms with E-state index in [1.165, 1.54) is 12.1 Å². The number of para-hydroxylation sites is 1. The van der Waals surface area contributed by atoms with E-state index >= 15 is 0 Å². The van der Waals surface area contributed by atoms with Gasteiger partial charge in [-0.25, -0.2) is 13.6 Å². The molecule has 1 heterocycles. The van der Waals surface area contributed by atoms with Crippen LogP contribution in [0.1, 0.15) is 12.0 Å². The third-order valence-electron chi connectivity index (χ3n) is 2.67. The van der Waals surface area contributed by atoms with Crippen molar-refractivity contribution in [1.82, 2.24) is 0 Å². The van der Waals surface area contributed by atoms with Crippen LogP contribution in [0, 0.1) is 0 Å². The molecule has 1 unspecified atom stereocenters. The standard InChI is InChI=1S/C10H10F3NO3S/c11-10(12,13)8-5-4-6-2-1-3-7(9(6)17-8)18(14,15)16/h1-3,8H,4-5H2,(H2,14,15,16). The molecule has 0 amide bonds. The van der Waals surface area contributed by atoms with Crippen molar-refractivity contribution in [2.75, 3.05) is 0 Å². The zero-order chi connectivity index (χ0) is 13.6. The number of primary sulfonamides is 1. The molecule has 0 bridgehead atoms. The molecule has 0 saturated carbocycles. The number of aryl methyl sites for hydroxylation is 1. The molecule has 0 aliphatic carbocycles. The largest absolute Gasteiger partial charge is 0.479 e. The van der Waals surface area contributed by atoms with Crippen molar-refractivity contribution in [2.24, 2.45) is 5.14 Å². The lowest BCUT2D eigenvalue weighted by atomic mass is 10.0. The second-order valence-electron chi connectivity index (χ2n) is 3.98. The molecule has 18 heavy (non-hydrogen) atoms. The number of halogens is 3. The van der Waals surface area contributed by atoms with Crippen LogP contribution in [0.25, 0.3) is 0 Å². The Morgan fingerprint density at radius 3 is 2.56 bits per heavy atom. The van der Waals surface area contributed by atoms with E-state index in [2.05, 4.69) is 0 Å². The molecule has 2 N–H and O–H groups in total. The number of hydrogen-bond donors (Lipinski definition) is 1. The molecule has 1 aromatic carbocycles. The molecule has 4 nitrogen and oxygen atoms in total. The van der Waals surface area contributed by atoms with Crippen molar-refractivity contribution < 1.29 is 26.3 Å². The van der Waals surface area contributed by atoms with Crippen molar-refractivity contribution in [3.63, 3.8) is 0 Å². The summed E-state index contributed by atoms with van der Waals surface area (Å²) >= 11 is 0. The lowest BCUT2D eigenvalue weighted by Crippen LogP contribution is -2.38. The summed E-state index contributed by atoms with van der Waals surface area (Å²) in [7, 11) is -4.11. The highest BCUT2D eigenvalue weighted by Crippen LogP contribution is 2.38. The van der Waals surface area contributed by atoms with Crippen LogP contribution < -0.4 is 9.88 Å². The predicted octanol–water partition coefficient (Wildman–Crippen LogP) is 1.59. The van der Waals surface area contributed by atoms with Crippen LogP contribution in [0.5, 0.6) is 5.75 Å². The van der Waals surface area contributed by atoms with Gasteiger partial charge >= 0.3 is 6.18 Å². The van der Waals surface area contributed by atoms with Gasteiger partial charge in [-0.2, -0.15) is 13.2 Å². The topological polar surface area (TPSA) is 69.4 Å². The molecule has 1 aliphatic heterocycles. The van der Waals surface area contributed by atoms with Gasteiger partial charge in [0, 0.05) is 0 Å². The van der Waals surface area contributed by atoms with Gasteiger partial charge in [0.05, 0.1) is 0 Å². The van der Waals surface area contributed by atoms with Gasteiger partial charge in [0.15, 0.2) is 6.10 Å². The number of ether oxygens (including phenoxy) is 1. The number of sulfonamides is 1. The minimum Gasteiger partial charge on any atom is -0.479 e. The number of alkyl halides is 3. The fraction of sp³-hybridized carbons (Fsp3) is 0.400. The first kappa shape index (κ1) is 13.2. The first-order chi connectivity index (χ1) is 8.19. The van der Waals surface area contributed by atoms with Crippen molar-refractivity contribution >= 4 is 10.0 Å². The van der Waals surface area contributed by atoms with E-state index in [9.17, 15) is 21.6 Å². The minimum absolute atomic E-state index is 0.100. The van der Waals surface area contributed by atoms with Crippen molar-refractivity contribution in [3.8, 4) is 5.75 Å². The number of fused-ring (bicyclic) bond motifs is 1. The molecule has 100 valence electrons.